The minimum absolute atomic E-state index is 0.00774. The lowest BCUT2D eigenvalue weighted by Gasteiger charge is -2.31. The van der Waals surface area contributed by atoms with Gasteiger partial charge in [-0.15, -0.1) is 0 Å². The van der Waals surface area contributed by atoms with Crippen LogP contribution < -0.4 is 16.0 Å². The molecule has 22 heavy (non-hydrogen) atoms. The molecule has 4 amide bonds. The Balaban J connectivity index is 1.57. The summed E-state index contributed by atoms with van der Waals surface area (Å²) in [7, 11) is 0. The van der Waals surface area contributed by atoms with Crippen LogP contribution >= 0.6 is 0 Å². The Hall–Kier alpha value is -1.67. The van der Waals surface area contributed by atoms with E-state index in [0.717, 1.165) is 26.2 Å². The highest BCUT2D eigenvalue weighted by Gasteiger charge is 2.51. The van der Waals surface area contributed by atoms with Crippen LogP contribution in [0.1, 0.15) is 19.3 Å². The SMILES string of the molecule is O=C(CCN1C(=O)NC2(CCNCC2)C1=O)N1CCNCC1. The molecule has 8 heteroatoms. The van der Waals surface area contributed by atoms with E-state index in [1.54, 1.807) is 4.90 Å². The lowest BCUT2D eigenvalue weighted by atomic mass is 9.88. The molecular formula is C14H23N5O3. The van der Waals surface area contributed by atoms with Crippen molar-refractivity contribution in [2.24, 2.45) is 0 Å². The maximum atomic E-state index is 12.6. The van der Waals surface area contributed by atoms with Gasteiger partial charge in [0.2, 0.25) is 5.91 Å². The fourth-order valence-corrected chi connectivity index (χ4v) is 3.35. The van der Waals surface area contributed by atoms with Gasteiger partial charge in [-0.3, -0.25) is 14.5 Å². The molecule has 0 radical (unpaired) electrons. The van der Waals surface area contributed by atoms with Crippen LogP contribution in [0.4, 0.5) is 4.79 Å². The Kier molecular flexibility index (Phi) is 4.30. The minimum atomic E-state index is -0.750. The smallest absolute Gasteiger partial charge is 0.325 e. The summed E-state index contributed by atoms with van der Waals surface area (Å²) in [6.07, 6.45) is 1.42. The molecule has 122 valence electrons. The van der Waals surface area contributed by atoms with Crippen molar-refractivity contribution >= 4 is 17.8 Å². The van der Waals surface area contributed by atoms with Crippen LogP contribution in [-0.4, -0.2) is 79.0 Å². The van der Waals surface area contributed by atoms with Gasteiger partial charge < -0.3 is 20.9 Å². The summed E-state index contributed by atoms with van der Waals surface area (Å²) >= 11 is 0. The number of rotatable bonds is 3. The van der Waals surface area contributed by atoms with Gasteiger partial charge in [0.25, 0.3) is 5.91 Å². The number of hydrogen-bond acceptors (Lipinski definition) is 5. The first-order valence-electron chi connectivity index (χ1n) is 7.96. The number of amides is 4. The van der Waals surface area contributed by atoms with Crippen molar-refractivity contribution in [3.05, 3.63) is 0 Å². The summed E-state index contributed by atoms with van der Waals surface area (Å²) in [5.74, 6) is -0.166. The molecule has 0 aromatic rings. The summed E-state index contributed by atoms with van der Waals surface area (Å²) in [6, 6.07) is -0.361. The third kappa shape index (κ3) is 2.80. The average molecular weight is 309 g/mol. The highest BCUT2D eigenvalue weighted by atomic mass is 16.2. The zero-order chi connectivity index (χ0) is 15.6. The van der Waals surface area contributed by atoms with E-state index < -0.39 is 5.54 Å². The monoisotopic (exact) mass is 309 g/mol. The summed E-state index contributed by atoms with van der Waals surface area (Å²) in [5, 5.41) is 9.22. The zero-order valence-electron chi connectivity index (χ0n) is 12.7. The molecule has 3 N–H and O–H groups in total. The fourth-order valence-electron chi connectivity index (χ4n) is 3.35. The molecule has 0 aliphatic carbocycles. The van der Waals surface area contributed by atoms with Gasteiger partial charge in [-0.25, -0.2) is 4.79 Å². The van der Waals surface area contributed by atoms with Gasteiger partial charge in [0.15, 0.2) is 0 Å². The van der Waals surface area contributed by atoms with Crippen LogP contribution in [0.15, 0.2) is 0 Å². The Morgan fingerprint density at radius 1 is 1.05 bits per heavy atom. The molecule has 3 aliphatic heterocycles. The molecule has 0 aromatic carbocycles. The predicted molar refractivity (Wildman–Crippen MR) is 79.1 cm³/mol. The van der Waals surface area contributed by atoms with E-state index in [0.29, 0.717) is 25.9 Å². The second kappa shape index (κ2) is 6.21. The van der Waals surface area contributed by atoms with Gasteiger partial charge in [-0.2, -0.15) is 0 Å². The standard InChI is InChI=1S/C14H23N5O3/c20-11(18-9-6-16-7-10-18)1-8-19-12(21)14(17-13(19)22)2-4-15-5-3-14/h15-16H,1-10H2,(H,17,22). The van der Waals surface area contributed by atoms with Crippen molar-refractivity contribution in [1.29, 1.82) is 0 Å². The van der Waals surface area contributed by atoms with Crippen LogP contribution in [0.2, 0.25) is 0 Å². The topological polar surface area (TPSA) is 93.8 Å². The van der Waals surface area contributed by atoms with Gasteiger partial charge in [-0.1, -0.05) is 0 Å². The average Bonchev–Trinajstić information content (AvgIpc) is 2.77. The first-order chi connectivity index (χ1) is 10.6. The molecule has 0 bridgehead atoms. The number of urea groups is 1. The molecule has 0 aromatic heterocycles. The van der Waals surface area contributed by atoms with E-state index in [1.165, 1.54) is 4.90 Å². The lowest BCUT2D eigenvalue weighted by molar-refractivity contribution is -0.134. The van der Waals surface area contributed by atoms with Crippen molar-refractivity contribution in [3.8, 4) is 0 Å². The third-order valence-electron chi connectivity index (χ3n) is 4.72. The molecule has 8 nitrogen and oxygen atoms in total. The number of nitrogens with one attached hydrogen (secondary N) is 3. The van der Waals surface area contributed by atoms with Gasteiger partial charge in [0.05, 0.1) is 0 Å². The van der Waals surface area contributed by atoms with Crippen LogP contribution in [0.3, 0.4) is 0 Å². The summed E-state index contributed by atoms with van der Waals surface area (Å²) in [6.45, 7) is 4.58. The predicted octanol–water partition coefficient (Wildman–Crippen LogP) is -1.52. The van der Waals surface area contributed by atoms with E-state index in [2.05, 4.69) is 16.0 Å². The van der Waals surface area contributed by atoms with Crippen LogP contribution in [0.5, 0.6) is 0 Å². The number of carbonyl (C=O) groups excluding carboxylic acids is 3. The second-order valence-corrected chi connectivity index (χ2v) is 6.10. The highest BCUT2D eigenvalue weighted by Crippen LogP contribution is 2.26. The van der Waals surface area contributed by atoms with Crippen molar-refractivity contribution < 1.29 is 14.4 Å². The first-order valence-corrected chi connectivity index (χ1v) is 7.96. The molecule has 3 saturated heterocycles. The number of carbonyl (C=O) groups is 3. The number of piperidine rings is 1. The molecule has 3 rings (SSSR count). The van der Waals surface area contributed by atoms with Gasteiger partial charge in [-0.05, 0) is 25.9 Å². The van der Waals surface area contributed by atoms with Crippen molar-refractivity contribution in [3.63, 3.8) is 0 Å². The van der Waals surface area contributed by atoms with E-state index >= 15 is 0 Å². The van der Waals surface area contributed by atoms with Crippen LogP contribution in [0, 0.1) is 0 Å². The number of piperazine rings is 1. The number of imide groups is 1. The molecule has 3 heterocycles. The molecule has 0 saturated carbocycles. The maximum Gasteiger partial charge on any atom is 0.325 e. The Morgan fingerprint density at radius 3 is 2.36 bits per heavy atom. The lowest BCUT2D eigenvalue weighted by Crippen LogP contribution is -2.54. The summed E-state index contributed by atoms with van der Waals surface area (Å²) in [5.41, 5.74) is -0.750. The molecule has 1 spiro atoms. The van der Waals surface area contributed by atoms with Crippen LogP contribution in [-0.2, 0) is 9.59 Å². The third-order valence-corrected chi connectivity index (χ3v) is 4.72. The fraction of sp³-hybridized carbons (Fsp3) is 0.786. The molecule has 3 fully saturated rings. The summed E-state index contributed by atoms with van der Waals surface area (Å²) in [4.78, 5) is 39.8. The van der Waals surface area contributed by atoms with E-state index in [9.17, 15) is 14.4 Å². The number of nitrogens with zero attached hydrogens (tertiary/aromatic N) is 2. The van der Waals surface area contributed by atoms with Crippen molar-refractivity contribution in [2.45, 2.75) is 24.8 Å². The molecular weight excluding hydrogens is 286 g/mol. The van der Waals surface area contributed by atoms with Gasteiger partial charge in [0.1, 0.15) is 5.54 Å². The Bertz CT molecular complexity index is 469. The second-order valence-electron chi connectivity index (χ2n) is 6.10. The largest absolute Gasteiger partial charge is 0.340 e. The molecule has 3 aliphatic rings. The Morgan fingerprint density at radius 2 is 1.68 bits per heavy atom. The normalized spacial score (nSPS) is 24.7. The zero-order valence-corrected chi connectivity index (χ0v) is 12.7. The van der Waals surface area contributed by atoms with Gasteiger partial charge >= 0.3 is 6.03 Å². The number of hydrogen-bond donors (Lipinski definition) is 3. The van der Waals surface area contributed by atoms with Gasteiger partial charge in [0, 0.05) is 39.1 Å². The Labute approximate surface area is 129 Å². The first kappa shape index (κ1) is 15.2. The molecule has 0 unspecified atom stereocenters. The van der Waals surface area contributed by atoms with Crippen LogP contribution in [0.25, 0.3) is 0 Å². The highest BCUT2D eigenvalue weighted by molar-refractivity contribution is 6.07. The van der Waals surface area contributed by atoms with Crippen molar-refractivity contribution in [1.82, 2.24) is 25.8 Å². The van der Waals surface area contributed by atoms with Crippen molar-refractivity contribution in [2.75, 3.05) is 45.8 Å². The quantitative estimate of drug-likeness (QED) is 0.551. The minimum Gasteiger partial charge on any atom is -0.340 e. The van der Waals surface area contributed by atoms with E-state index in [4.69, 9.17) is 0 Å². The molecule has 0 atom stereocenters. The summed E-state index contributed by atoms with van der Waals surface area (Å²) < 4.78 is 0. The maximum absolute atomic E-state index is 12.6. The van der Waals surface area contributed by atoms with E-state index in [1.807, 2.05) is 0 Å². The van der Waals surface area contributed by atoms with E-state index in [-0.39, 0.29) is 30.8 Å².